The fraction of sp³-hybridized carbons (Fsp3) is 0.857. The van der Waals surface area contributed by atoms with E-state index in [0.717, 1.165) is 44.9 Å². The molecule has 4 N–H and O–H groups in total. The zero-order valence-corrected chi connectivity index (χ0v) is 12.1. The van der Waals surface area contributed by atoms with E-state index < -0.39 is 5.54 Å². The summed E-state index contributed by atoms with van der Waals surface area (Å²) in [6.07, 6.45) is 7.16. The lowest BCUT2D eigenvalue weighted by Gasteiger charge is -2.32. The molecule has 0 spiro atoms. The van der Waals surface area contributed by atoms with Gasteiger partial charge in [-0.05, 0) is 25.2 Å². The van der Waals surface area contributed by atoms with Crippen molar-refractivity contribution in [1.29, 1.82) is 0 Å². The van der Waals surface area contributed by atoms with Crippen LogP contribution in [0.5, 0.6) is 0 Å². The molecule has 0 heterocycles. The topological polar surface area (TPSA) is 87.7 Å². The highest BCUT2D eigenvalue weighted by atomic mass is 16.4. The lowest BCUT2D eigenvalue weighted by Crippen LogP contribution is -2.57. The van der Waals surface area contributed by atoms with Crippen LogP contribution in [0, 0.1) is 5.92 Å². The first-order chi connectivity index (χ1) is 9.00. The van der Waals surface area contributed by atoms with Gasteiger partial charge in [0.15, 0.2) is 5.84 Å². The Labute approximate surface area is 115 Å². The molecule has 1 aliphatic rings. The van der Waals surface area contributed by atoms with Gasteiger partial charge in [0.2, 0.25) is 5.91 Å². The van der Waals surface area contributed by atoms with Crippen LogP contribution in [-0.4, -0.2) is 22.5 Å². The SMILES string of the molecule is CC(C)CCC(=O)NC1(/C(N)=N/O)CCCCCC1. The molecule has 19 heavy (non-hydrogen) atoms. The van der Waals surface area contributed by atoms with Crippen LogP contribution in [0.4, 0.5) is 0 Å². The molecular weight excluding hydrogens is 242 g/mol. The molecule has 1 amide bonds. The number of carbonyl (C=O) groups is 1. The second kappa shape index (κ2) is 7.36. The van der Waals surface area contributed by atoms with Crippen molar-refractivity contribution in [2.45, 2.75) is 70.8 Å². The van der Waals surface area contributed by atoms with Gasteiger partial charge in [0.1, 0.15) is 5.54 Å². The Bertz CT molecular complexity index is 319. The minimum atomic E-state index is -0.640. The quantitative estimate of drug-likeness (QED) is 0.235. The molecular formula is C14H27N3O2. The molecule has 0 unspecified atom stereocenters. The summed E-state index contributed by atoms with van der Waals surface area (Å²) in [5.41, 5.74) is 5.20. The lowest BCUT2D eigenvalue weighted by atomic mass is 9.88. The van der Waals surface area contributed by atoms with Crippen molar-refractivity contribution in [3.05, 3.63) is 0 Å². The second-order valence-electron chi connectivity index (χ2n) is 5.96. The fourth-order valence-electron chi connectivity index (χ4n) is 2.62. The molecule has 0 atom stereocenters. The molecule has 0 aromatic carbocycles. The first kappa shape index (κ1) is 15.8. The fourth-order valence-corrected chi connectivity index (χ4v) is 2.62. The summed E-state index contributed by atoms with van der Waals surface area (Å²) >= 11 is 0. The van der Waals surface area contributed by atoms with Crippen LogP contribution in [0.1, 0.15) is 65.2 Å². The molecule has 1 fully saturated rings. The maximum Gasteiger partial charge on any atom is 0.220 e. The number of nitrogens with zero attached hydrogens (tertiary/aromatic N) is 1. The number of oxime groups is 1. The van der Waals surface area contributed by atoms with Gasteiger partial charge in [0, 0.05) is 6.42 Å². The third-order valence-electron chi connectivity index (χ3n) is 3.88. The van der Waals surface area contributed by atoms with Crippen molar-refractivity contribution in [2.24, 2.45) is 16.8 Å². The zero-order valence-electron chi connectivity index (χ0n) is 12.1. The molecule has 0 aromatic rings. The van der Waals surface area contributed by atoms with Crippen LogP contribution in [0.3, 0.4) is 0 Å². The molecule has 0 aliphatic heterocycles. The highest BCUT2D eigenvalue weighted by Crippen LogP contribution is 2.27. The van der Waals surface area contributed by atoms with Gasteiger partial charge in [-0.2, -0.15) is 0 Å². The summed E-state index contributed by atoms with van der Waals surface area (Å²) in [6.45, 7) is 4.19. The molecule has 0 saturated heterocycles. The van der Waals surface area contributed by atoms with E-state index >= 15 is 0 Å². The van der Waals surface area contributed by atoms with Crippen LogP contribution < -0.4 is 11.1 Å². The van der Waals surface area contributed by atoms with E-state index in [1.54, 1.807) is 0 Å². The molecule has 5 nitrogen and oxygen atoms in total. The molecule has 5 heteroatoms. The average Bonchev–Trinajstić information content (AvgIpc) is 2.62. The van der Waals surface area contributed by atoms with Crippen molar-refractivity contribution in [3.8, 4) is 0 Å². The third-order valence-corrected chi connectivity index (χ3v) is 3.88. The van der Waals surface area contributed by atoms with E-state index in [4.69, 9.17) is 10.9 Å². The van der Waals surface area contributed by atoms with Gasteiger partial charge in [-0.1, -0.05) is 44.7 Å². The first-order valence-corrected chi connectivity index (χ1v) is 7.29. The first-order valence-electron chi connectivity index (χ1n) is 7.29. The van der Waals surface area contributed by atoms with Crippen LogP contribution >= 0.6 is 0 Å². The molecule has 0 bridgehead atoms. The van der Waals surface area contributed by atoms with Gasteiger partial charge in [-0.25, -0.2) is 0 Å². The van der Waals surface area contributed by atoms with E-state index in [-0.39, 0.29) is 11.7 Å². The van der Waals surface area contributed by atoms with E-state index in [1.807, 2.05) is 0 Å². The van der Waals surface area contributed by atoms with E-state index in [1.165, 1.54) is 0 Å². The number of rotatable bonds is 5. The number of hydrogen-bond donors (Lipinski definition) is 3. The Morgan fingerprint density at radius 3 is 2.37 bits per heavy atom. The van der Waals surface area contributed by atoms with E-state index in [2.05, 4.69) is 24.3 Å². The monoisotopic (exact) mass is 269 g/mol. The standard InChI is InChI=1S/C14H27N3O2/c1-11(2)7-8-12(18)16-14(13(15)17-19)9-5-3-4-6-10-14/h11,19H,3-10H2,1-2H3,(H2,15,17)(H,16,18). The summed E-state index contributed by atoms with van der Waals surface area (Å²) in [6, 6.07) is 0. The molecule has 110 valence electrons. The number of nitrogens with one attached hydrogen (secondary N) is 1. The molecule has 1 rings (SSSR count). The summed E-state index contributed by atoms with van der Waals surface area (Å²) < 4.78 is 0. The van der Waals surface area contributed by atoms with Gasteiger partial charge in [-0.3, -0.25) is 4.79 Å². The smallest absolute Gasteiger partial charge is 0.220 e. The van der Waals surface area contributed by atoms with Gasteiger partial charge < -0.3 is 16.3 Å². The summed E-state index contributed by atoms with van der Waals surface area (Å²) in [5, 5.41) is 15.2. The summed E-state index contributed by atoms with van der Waals surface area (Å²) in [7, 11) is 0. The Morgan fingerprint density at radius 2 is 1.89 bits per heavy atom. The Kier molecular flexibility index (Phi) is 6.12. The maximum atomic E-state index is 12.1. The second-order valence-corrected chi connectivity index (χ2v) is 5.96. The Morgan fingerprint density at radius 1 is 1.32 bits per heavy atom. The number of nitrogens with two attached hydrogens (primary N) is 1. The highest BCUT2D eigenvalue weighted by Gasteiger charge is 2.36. The lowest BCUT2D eigenvalue weighted by molar-refractivity contribution is -0.122. The van der Waals surface area contributed by atoms with Crippen LogP contribution in [-0.2, 0) is 4.79 Å². The molecule has 0 radical (unpaired) electrons. The maximum absolute atomic E-state index is 12.1. The molecule has 0 aromatic heterocycles. The third kappa shape index (κ3) is 4.73. The summed E-state index contributed by atoms with van der Waals surface area (Å²) in [4.78, 5) is 12.1. The highest BCUT2D eigenvalue weighted by molar-refractivity contribution is 5.93. The Balaban J connectivity index is 2.71. The predicted molar refractivity (Wildman–Crippen MR) is 76.1 cm³/mol. The van der Waals surface area contributed by atoms with Gasteiger partial charge in [0.25, 0.3) is 0 Å². The van der Waals surface area contributed by atoms with Crippen molar-refractivity contribution in [3.63, 3.8) is 0 Å². The number of amides is 1. The summed E-state index contributed by atoms with van der Waals surface area (Å²) in [5.74, 6) is 0.647. The van der Waals surface area contributed by atoms with Gasteiger partial charge >= 0.3 is 0 Å². The minimum Gasteiger partial charge on any atom is -0.409 e. The van der Waals surface area contributed by atoms with Gasteiger partial charge in [0.05, 0.1) is 0 Å². The largest absolute Gasteiger partial charge is 0.409 e. The van der Waals surface area contributed by atoms with Gasteiger partial charge in [-0.15, -0.1) is 0 Å². The number of carbonyl (C=O) groups excluding carboxylic acids is 1. The van der Waals surface area contributed by atoms with Crippen molar-refractivity contribution < 1.29 is 10.0 Å². The van der Waals surface area contributed by atoms with Crippen molar-refractivity contribution >= 4 is 11.7 Å². The average molecular weight is 269 g/mol. The molecule has 1 saturated carbocycles. The van der Waals surface area contributed by atoms with Crippen molar-refractivity contribution in [2.75, 3.05) is 0 Å². The van der Waals surface area contributed by atoms with E-state index in [9.17, 15) is 4.79 Å². The molecule has 1 aliphatic carbocycles. The zero-order chi connectivity index (χ0) is 14.3. The van der Waals surface area contributed by atoms with Crippen LogP contribution in [0.15, 0.2) is 5.16 Å². The van der Waals surface area contributed by atoms with Crippen molar-refractivity contribution in [1.82, 2.24) is 5.32 Å². The normalized spacial score (nSPS) is 20.1. The minimum absolute atomic E-state index is 0.00204. The van der Waals surface area contributed by atoms with Crippen LogP contribution in [0.25, 0.3) is 0 Å². The Hall–Kier alpha value is -1.26. The number of hydrogen-bond acceptors (Lipinski definition) is 3. The predicted octanol–water partition coefficient (Wildman–Crippen LogP) is 2.38. The number of amidine groups is 1. The van der Waals surface area contributed by atoms with Crippen LogP contribution in [0.2, 0.25) is 0 Å². The van der Waals surface area contributed by atoms with E-state index in [0.29, 0.717) is 12.3 Å².